The number of ether oxygens (including phenoxy) is 2. The largest absolute Gasteiger partial charge is 0.462 e. The van der Waals surface area contributed by atoms with Crippen LogP contribution in [-0.2, 0) is 4.74 Å². The molecule has 5 nitrogen and oxygen atoms in total. The van der Waals surface area contributed by atoms with E-state index in [0.29, 0.717) is 18.1 Å². The summed E-state index contributed by atoms with van der Waals surface area (Å²) in [6.07, 6.45) is 1.97. The van der Waals surface area contributed by atoms with Crippen molar-refractivity contribution in [1.82, 2.24) is 0 Å². The predicted molar refractivity (Wildman–Crippen MR) is 178 cm³/mol. The normalized spacial score (nSPS) is 14.1. The van der Waals surface area contributed by atoms with Gasteiger partial charge in [0.25, 0.3) is 0 Å². The summed E-state index contributed by atoms with van der Waals surface area (Å²) in [6, 6.07) is 9.98. The summed E-state index contributed by atoms with van der Waals surface area (Å²) >= 11 is 0. The summed E-state index contributed by atoms with van der Waals surface area (Å²) < 4.78 is 79.0. The number of benzene rings is 1. The van der Waals surface area contributed by atoms with Gasteiger partial charge in [0.05, 0.1) is 30.2 Å². The molecule has 0 aliphatic rings. The van der Waals surface area contributed by atoms with E-state index < -0.39 is 37.3 Å². The van der Waals surface area contributed by atoms with Crippen LogP contribution in [0.5, 0.6) is 5.75 Å². The van der Waals surface area contributed by atoms with Gasteiger partial charge < -0.3 is 9.47 Å². The molecule has 0 spiro atoms. The number of carbonyl (C=O) groups excluding carboxylic acids is 1. The van der Waals surface area contributed by atoms with Crippen molar-refractivity contribution in [2.24, 2.45) is 11.3 Å². The Morgan fingerprint density at radius 3 is 2.38 bits per heavy atom. The maximum absolute atomic E-state index is 14.0. The highest BCUT2D eigenvalue weighted by molar-refractivity contribution is 5.89. The van der Waals surface area contributed by atoms with Crippen LogP contribution in [0.25, 0.3) is 0 Å². The molecule has 0 N–H and O–H groups in total. The maximum atomic E-state index is 14.0. The first-order valence-corrected chi connectivity index (χ1v) is 15.8. The number of halogens is 5. The number of hydrogen-bond acceptors (Lipinski definition) is 5. The number of allylic oxidation sites excluding steroid dienone is 11. The van der Waals surface area contributed by atoms with Crippen LogP contribution in [0.15, 0.2) is 95.4 Å². The van der Waals surface area contributed by atoms with Crippen LogP contribution >= 0.6 is 0 Å². The highest BCUT2D eigenvalue weighted by Crippen LogP contribution is 2.38. The van der Waals surface area contributed by atoms with E-state index in [4.69, 9.17) is 9.47 Å². The number of unbranched alkanes of at least 4 members (excludes halogenated alkanes) is 3. The molecule has 0 radical (unpaired) electrons. The average molecular weight is 673 g/mol. The molecule has 1 rings (SSSR count). The van der Waals surface area contributed by atoms with Gasteiger partial charge in [0, 0.05) is 24.1 Å². The molecular weight excluding hydrogens is 627 g/mol. The third-order valence-corrected chi connectivity index (χ3v) is 6.91. The maximum Gasteiger partial charge on any atom is 0.395 e. The quantitative estimate of drug-likeness (QED) is 0.0295. The standard InChI is InChI=1S/C38H45F5N2O3/c1-7-8-9-10-24-47-36(46)30-14-11-17-32(26-30)48-28(3)35(29(15-13-22-44)19-21-37(4,5)6)33(20-23-45)27(2)25-31(38(41,42)43)16-12-18-34(39)40/h11-17,19-20,26,31,34H,2,7-10,18,21,24-25H2,1,3-6H3/b15-13+,16-12+,29-19-,33-20+,35-28-. The SMILES string of the molecule is C=C(CC(/C=C/CC(F)F)C(F)(F)F)C(=C\C#N)/C(C(=C\CC(C)(C)C)/C=C/C#N)=C(/C)Oc1cccc(C(=O)OCCCCCC)c1. The Hall–Kier alpha value is -4.44. The molecule has 0 aliphatic heterocycles. The highest BCUT2D eigenvalue weighted by Gasteiger charge is 2.38. The topological polar surface area (TPSA) is 83.1 Å². The third kappa shape index (κ3) is 15.9. The monoisotopic (exact) mass is 672 g/mol. The molecule has 0 saturated carbocycles. The zero-order valence-electron chi connectivity index (χ0n) is 28.3. The summed E-state index contributed by atoms with van der Waals surface area (Å²) in [5.41, 5.74) is 0.475. The number of carbonyl (C=O) groups is 1. The lowest BCUT2D eigenvalue weighted by molar-refractivity contribution is -0.160. The van der Waals surface area contributed by atoms with Gasteiger partial charge in [-0.2, -0.15) is 23.7 Å². The molecule has 260 valence electrons. The fraction of sp³-hybridized carbons (Fsp3) is 0.447. The number of hydrogen-bond donors (Lipinski definition) is 0. The van der Waals surface area contributed by atoms with Gasteiger partial charge in [-0.1, -0.05) is 77.8 Å². The molecule has 0 amide bonds. The molecule has 1 aromatic rings. The lowest BCUT2D eigenvalue weighted by Crippen LogP contribution is -2.22. The van der Waals surface area contributed by atoms with Crippen LogP contribution in [-0.4, -0.2) is 25.2 Å². The zero-order valence-corrected chi connectivity index (χ0v) is 28.3. The summed E-state index contributed by atoms with van der Waals surface area (Å²) in [6.45, 7) is 13.7. The molecule has 0 heterocycles. The van der Waals surface area contributed by atoms with Gasteiger partial charge in [0.15, 0.2) is 0 Å². The number of esters is 1. The summed E-state index contributed by atoms with van der Waals surface area (Å²) in [7, 11) is 0. The van der Waals surface area contributed by atoms with Crippen LogP contribution in [0.3, 0.4) is 0 Å². The molecule has 1 atom stereocenters. The molecule has 0 bridgehead atoms. The van der Waals surface area contributed by atoms with E-state index in [9.17, 15) is 37.3 Å². The van der Waals surface area contributed by atoms with E-state index in [1.165, 1.54) is 18.2 Å². The Morgan fingerprint density at radius 1 is 1.08 bits per heavy atom. The first-order chi connectivity index (χ1) is 22.5. The first kappa shape index (κ1) is 41.6. The van der Waals surface area contributed by atoms with Gasteiger partial charge in [-0.3, -0.25) is 0 Å². The van der Waals surface area contributed by atoms with Crippen molar-refractivity contribution in [1.29, 1.82) is 10.5 Å². The summed E-state index contributed by atoms with van der Waals surface area (Å²) in [5.74, 6) is -2.34. The number of alkyl halides is 5. The Morgan fingerprint density at radius 2 is 1.79 bits per heavy atom. The van der Waals surface area contributed by atoms with Crippen molar-refractivity contribution in [3.8, 4) is 17.9 Å². The lowest BCUT2D eigenvalue weighted by atomic mass is 9.84. The molecule has 1 unspecified atom stereocenters. The van der Waals surface area contributed by atoms with Gasteiger partial charge in [0.2, 0.25) is 6.43 Å². The Kier molecular flexibility index (Phi) is 18.0. The molecule has 48 heavy (non-hydrogen) atoms. The number of rotatable bonds is 18. The minimum absolute atomic E-state index is 0.0110. The van der Waals surface area contributed by atoms with Crippen LogP contribution in [0.2, 0.25) is 0 Å². The van der Waals surface area contributed by atoms with Gasteiger partial charge in [-0.15, -0.1) is 0 Å². The fourth-order valence-electron chi connectivity index (χ4n) is 4.47. The minimum Gasteiger partial charge on any atom is -0.462 e. The van der Waals surface area contributed by atoms with Crippen LogP contribution < -0.4 is 4.74 Å². The van der Waals surface area contributed by atoms with Crippen molar-refractivity contribution < 1.29 is 36.2 Å². The predicted octanol–water partition coefficient (Wildman–Crippen LogP) is 11.3. The molecule has 10 heteroatoms. The van der Waals surface area contributed by atoms with E-state index in [2.05, 4.69) is 13.5 Å². The molecule has 0 fully saturated rings. The highest BCUT2D eigenvalue weighted by atomic mass is 19.4. The Labute approximate surface area is 281 Å². The smallest absolute Gasteiger partial charge is 0.395 e. The second-order valence-corrected chi connectivity index (χ2v) is 12.3. The van der Waals surface area contributed by atoms with Crippen molar-refractivity contribution in [3.05, 3.63) is 101 Å². The Bertz CT molecular complexity index is 1460. The average Bonchev–Trinajstić information content (AvgIpc) is 2.99. The van der Waals surface area contributed by atoms with Crippen molar-refractivity contribution >= 4 is 5.97 Å². The van der Waals surface area contributed by atoms with E-state index in [1.54, 1.807) is 31.2 Å². The van der Waals surface area contributed by atoms with Crippen molar-refractivity contribution in [2.75, 3.05) is 6.61 Å². The molecule has 0 aliphatic carbocycles. The van der Waals surface area contributed by atoms with E-state index in [1.807, 2.05) is 32.9 Å². The van der Waals surface area contributed by atoms with Crippen LogP contribution in [0, 0.1) is 34.0 Å². The van der Waals surface area contributed by atoms with Gasteiger partial charge in [-0.05, 0) is 72.6 Å². The van der Waals surface area contributed by atoms with E-state index in [-0.39, 0.29) is 45.8 Å². The summed E-state index contributed by atoms with van der Waals surface area (Å²) in [5, 5.41) is 19.1. The van der Waals surface area contributed by atoms with E-state index >= 15 is 0 Å². The molecule has 0 saturated heterocycles. The van der Waals surface area contributed by atoms with Crippen molar-refractivity contribution in [3.63, 3.8) is 0 Å². The van der Waals surface area contributed by atoms with E-state index in [0.717, 1.165) is 37.8 Å². The van der Waals surface area contributed by atoms with Gasteiger partial charge in [-0.25, -0.2) is 13.6 Å². The lowest BCUT2D eigenvalue weighted by Gasteiger charge is -2.23. The van der Waals surface area contributed by atoms with Crippen LogP contribution in [0.1, 0.15) is 89.9 Å². The van der Waals surface area contributed by atoms with Crippen molar-refractivity contribution in [2.45, 2.75) is 92.2 Å². The Balaban J connectivity index is 3.75. The van der Waals surface area contributed by atoms with Gasteiger partial charge >= 0.3 is 12.1 Å². The third-order valence-electron chi connectivity index (χ3n) is 6.91. The molecule has 1 aromatic carbocycles. The second-order valence-electron chi connectivity index (χ2n) is 12.3. The molecule has 0 aromatic heterocycles. The van der Waals surface area contributed by atoms with Crippen LogP contribution in [0.4, 0.5) is 22.0 Å². The minimum atomic E-state index is -4.79. The molecular formula is C38H45F5N2O3. The summed E-state index contributed by atoms with van der Waals surface area (Å²) in [4.78, 5) is 12.7. The number of nitrogens with zero attached hydrogens (tertiary/aromatic N) is 2. The fourth-order valence-corrected chi connectivity index (χ4v) is 4.47. The zero-order chi connectivity index (χ0) is 36.3. The second kappa shape index (κ2) is 20.7. The first-order valence-electron chi connectivity index (χ1n) is 15.8. The number of nitriles is 2. The van der Waals surface area contributed by atoms with Gasteiger partial charge in [0.1, 0.15) is 11.5 Å².